The van der Waals surface area contributed by atoms with Crippen LogP contribution in [0.25, 0.3) is 0 Å². The summed E-state index contributed by atoms with van der Waals surface area (Å²) in [5.74, 6) is 0.667. The van der Waals surface area contributed by atoms with Crippen molar-refractivity contribution in [2.24, 2.45) is 5.10 Å². The van der Waals surface area contributed by atoms with Crippen LogP contribution >= 0.6 is 11.6 Å². The summed E-state index contributed by atoms with van der Waals surface area (Å²) >= 11 is 5.69. The van der Waals surface area contributed by atoms with E-state index in [-0.39, 0.29) is 0 Å². The Morgan fingerprint density at radius 3 is 3.00 bits per heavy atom. The molecule has 0 saturated heterocycles. The molecule has 0 aliphatic rings. The largest absolute Gasteiger partial charge is 0.261 e. The van der Waals surface area contributed by atoms with E-state index in [1.165, 1.54) is 0 Å². The second-order valence-electron chi connectivity index (χ2n) is 2.66. The molecule has 0 bridgehead atoms. The summed E-state index contributed by atoms with van der Waals surface area (Å²) < 4.78 is 0. The third kappa shape index (κ3) is 3.42. The average molecular weight is 198 g/mol. The SMILES string of the molecule is CC/C(C)=N/Nc1cccc(Cl)n1. The van der Waals surface area contributed by atoms with Crippen LogP contribution in [-0.2, 0) is 0 Å². The molecule has 0 aliphatic heterocycles. The van der Waals surface area contributed by atoms with Crippen LogP contribution in [0.15, 0.2) is 23.3 Å². The first-order valence-corrected chi connectivity index (χ1v) is 4.52. The lowest BCUT2D eigenvalue weighted by Crippen LogP contribution is -1.97. The predicted octanol–water partition coefficient (Wildman–Crippen LogP) is 2.93. The summed E-state index contributed by atoms with van der Waals surface area (Å²) in [6, 6.07) is 5.37. The van der Waals surface area contributed by atoms with Crippen molar-refractivity contribution < 1.29 is 0 Å². The number of hydrazone groups is 1. The van der Waals surface area contributed by atoms with Gasteiger partial charge in [0.05, 0.1) is 0 Å². The third-order valence-corrected chi connectivity index (χ3v) is 1.80. The highest BCUT2D eigenvalue weighted by molar-refractivity contribution is 6.29. The standard InChI is InChI=1S/C9H12ClN3/c1-3-7(2)12-13-9-6-4-5-8(10)11-9/h4-6H,3H2,1-2H3,(H,11,13)/b12-7+. The van der Waals surface area contributed by atoms with E-state index in [9.17, 15) is 0 Å². The summed E-state index contributed by atoms with van der Waals surface area (Å²) in [6.07, 6.45) is 0.924. The van der Waals surface area contributed by atoms with Gasteiger partial charge < -0.3 is 0 Å². The van der Waals surface area contributed by atoms with Crippen LogP contribution in [0.2, 0.25) is 5.15 Å². The van der Waals surface area contributed by atoms with Gasteiger partial charge in [-0.2, -0.15) is 5.10 Å². The van der Waals surface area contributed by atoms with Crippen molar-refractivity contribution in [3.63, 3.8) is 0 Å². The minimum absolute atomic E-state index is 0.467. The number of rotatable bonds is 3. The summed E-state index contributed by atoms with van der Waals surface area (Å²) in [6.45, 7) is 4.00. The number of hydrogen-bond acceptors (Lipinski definition) is 3. The monoisotopic (exact) mass is 197 g/mol. The Bertz CT molecular complexity index is 309. The van der Waals surface area contributed by atoms with Gasteiger partial charge in [-0.05, 0) is 25.5 Å². The highest BCUT2D eigenvalue weighted by atomic mass is 35.5. The van der Waals surface area contributed by atoms with Crippen molar-refractivity contribution in [1.82, 2.24) is 4.98 Å². The molecule has 0 atom stereocenters. The highest BCUT2D eigenvalue weighted by Crippen LogP contribution is 2.08. The Labute approximate surface area is 82.8 Å². The molecule has 1 heterocycles. The second-order valence-corrected chi connectivity index (χ2v) is 3.05. The van der Waals surface area contributed by atoms with E-state index < -0.39 is 0 Å². The lowest BCUT2D eigenvalue weighted by atomic mass is 10.3. The predicted molar refractivity (Wildman–Crippen MR) is 56.3 cm³/mol. The number of nitrogens with one attached hydrogen (secondary N) is 1. The van der Waals surface area contributed by atoms with Gasteiger partial charge in [0.25, 0.3) is 0 Å². The summed E-state index contributed by atoms with van der Waals surface area (Å²) in [7, 11) is 0. The number of hydrogen-bond donors (Lipinski definition) is 1. The van der Waals surface area contributed by atoms with E-state index in [4.69, 9.17) is 11.6 Å². The molecule has 1 aromatic rings. The lowest BCUT2D eigenvalue weighted by Gasteiger charge is -2.00. The van der Waals surface area contributed by atoms with Crippen LogP contribution < -0.4 is 5.43 Å². The fourth-order valence-corrected chi connectivity index (χ4v) is 0.866. The molecule has 1 aromatic heterocycles. The van der Waals surface area contributed by atoms with E-state index >= 15 is 0 Å². The number of nitrogens with zero attached hydrogens (tertiary/aromatic N) is 2. The van der Waals surface area contributed by atoms with Gasteiger partial charge in [0, 0.05) is 5.71 Å². The first-order chi connectivity index (χ1) is 6.22. The van der Waals surface area contributed by atoms with E-state index in [0.29, 0.717) is 11.0 Å². The molecule has 4 heteroatoms. The normalized spacial score (nSPS) is 11.5. The zero-order valence-electron chi connectivity index (χ0n) is 7.71. The van der Waals surface area contributed by atoms with Gasteiger partial charge in [0.15, 0.2) is 0 Å². The van der Waals surface area contributed by atoms with Gasteiger partial charge in [-0.3, -0.25) is 5.43 Å². The second kappa shape index (κ2) is 4.82. The molecule has 0 saturated carbocycles. The van der Waals surface area contributed by atoms with Crippen molar-refractivity contribution >= 4 is 23.1 Å². The van der Waals surface area contributed by atoms with E-state index in [1.54, 1.807) is 6.07 Å². The fourth-order valence-electron chi connectivity index (χ4n) is 0.702. The van der Waals surface area contributed by atoms with Gasteiger partial charge in [-0.15, -0.1) is 0 Å². The maximum Gasteiger partial charge on any atom is 0.147 e. The van der Waals surface area contributed by atoms with Gasteiger partial charge in [-0.1, -0.05) is 24.6 Å². The van der Waals surface area contributed by atoms with Gasteiger partial charge >= 0.3 is 0 Å². The molecular formula is C9H12ClN3. The fraction of sp³-hybridized carbons (Fsp3) is 0.333. The molecule has 0 fully saturated rings. The molecule has 3 nitrogen and oxygen atoms in total. The lowest BCUT2D eigenvalue weighted by molar-refractivity contribution is 1.18. The molecule has 1 rings (SSSR count). The Kier molecular flexibility index (Phi) is 3.71. The molecule has 0 radical (unpaired) electrons. The van der Waals surface area contributed by atoms with Crippen LogP contribution in [0.3, 0.4) is 0 Å². The van der Waals surface area contributed by atoms with Crippen molar-refractivity contribution in [2.75, 3.05) is 5.43 Å². The smallest absolute Gasteiger partial charge is 0.147 e. The first-order valence-electron chi connectivity index (χ1n) is 4.14. The van der Waals surface area contributed by atoms with E-state index in [1.807, 2.05) is 26.0 Å². The van der Waals surface area contributed by atoms with Crippen molar-refractivity contribution in [3.8, 4) is 0 Å². The van der Waals surface area contributed by atoms with Crippen LogP contribution in [-0.4, -0.2) is 10.7 Å². The molecule has 0 aliphatic carbocycles. The third-order valence-electron chi connectivity index (χ3n) is 1.59. The quantitative estimate of drug-likeness (QED) is 0.460. The summed E-state index contributed by atoms with van der Waals surface area (Å²) in [5.41, 5.74) is 3.86. The topological polar surface area (TPSA) is 37.3 Å². The molecule has 70 valence electrons. The molecule has 13 heavy (non-hydrogen) atoms. The minimum Gasteiger partial charge on any atom is -0.261 e. The highest BCUT2D eigenvalue weighted by Gasteiger charge is 1.92. The Morgan fingerprint density at radius 2 is 2.38 bits per heavy atom. The van der Waals surface area contributed by atoms with Crippen LogP contribution in [0.4, 0.5) is 5.82 Å². The molecule has 0 unspecified atom stereocenters. The number of halogens is 1. The van der Waals surface area contributed by atoms with Gasteiger partial charge in [-0.25, -0.2) is 4.98 Å². The van der Waals surface area contributed by atoms with E-state index in [0.717, 1.165) is 12.1 Å². The van der Waals surface area contributed by atoms with Gasteiger partial charge in [0.2, 0.25) is 0 Å². The molecule has 0 aromatic carbocycles. The minimum atomic E-state index is 0.467. The number of aromatic nitrogens is 1. The maximum absolute atomic E-state index is 5.69. The van der Waals surface area contributed by atoms with Crippen LogP contribution in [0.5, 0.6) is 0 Å². The maximum atomic E-state index is 5.69. The van der Waals surface area contributed by atoms with E-state index in [2.05, 4.69) is 15.5 Å². The Morgan fingerprint density at radius 1 is 1.62 bits per heavy atom. The Balaban J connectivity index is 2.64. The summed E-state index contributed by atoms with van der Waals surface area (Å²) in [5, 5.41) is 4.57. The average Bonchev–Trinajstić information content (AvgIpc) is 2.14. The molecule has 0 amide bonds. The Hall–Kier alpha value is -1.09. The summed E-state index contributed by atoms with van der Waals surface area (Å²) in [4.78, 5) is 4.03. The molecular weight excluding hydrogens is 186 g/mol. The zero-order chi connectivity index (χ0) is 9.68. The van der Waals surface area contributed by atoms with Crippen molar-refractivity contribution in [2.45, 2.75) is 20.3 Å². The number of pyridine rings is 1. The van der Waals surface area contributed by atoms with Crippen molar-refractivity contribution in [3.05, 3.63) is 23.4 Å². The van der Waals surface area contributed by atoms with Crippen LogP contribution in [0.1, 0.15) is 20.3 Å². The molecule has 0 spiro atoms. The van der Waals surface area contributed by atoms with Crippen LogP contribution in [0, 0.1) is 0 Å². The first kappa shape index (κ1) is 9.99. The van der Waals surface area contributed by atoms with Crippen molar-refractivity contribution in [1.29, 1.82) is 0 Å². The number of anilines is 1. The molecule has 1 N–H and O–H groups in total. The van der Waals surface area contributed by atoms with Gasteiger partial charge in [0.1, 0.15) is 11.0 Å². The zero-order valence-corrected chi connectivity index (χ0v) is 8.47.